The largest absolute Gasteiger partial charge is 0.478 e. The second-order valence-electron chi connectivity index (χ2n) is 21.4. The Morgan fingerprint density at radius 2 is 0.436 bits per heavy atom. The van der Waals surface area contributed by atoms with Gasteiger partial charge >= 0.3 is 23.9 Å². The number of carboxylic acids is 4. The zero-order valence-electron chi connectivity index (χ0n) is 49.9. The highest BCUT2D eigenvalue weighted by Crippen LogP contribution is 2.43. The molecule has 10 aromatic rings. The van der Waals surface area contributed by atoms with Gasteiger partial charge in [-0.25, -0.2) is 19.2 Å². The number of nitrogens with one attached hydrogen (secondary N) is 4. The van der Waals surface area contributed by atoms with Gasteiger partial charge in [0.05, 0.1) is 0 Å². The molecule has 0 saturated carbocycles. The monoisotopic (exact) mass is 1240 g/mol. The molecule has 0 aliphatic carbocycles. The predicted octanol–water partition coefficient (Wildman–Crippen LogP) is 14.7. The molecule has 0 radical (unpaired) electrons. The van der Waals surface area contributed by atoms with Crippen molar-refractivity contribution in [2.75, 3.05) is 21.3 Å². The lowest BCUT2D eigenvalue weighted by Gasteiger charge is -2.24. The van der Waals surface area contributed by atoms with Crippen molar-refractivity contribution in [3.05, 3.63) is 325 Å². The minimum atomic E-state index is -1.28. The van der Waals surface area contributed by atoms with Crippen LogP contribution in [0.5, 0.6) is 0 Å². The third kappa shape index (κ3) is 16.4. The van der Waals surface area contributed by atoms with E-state index in [9.17, 15) is 58.8 Å². The summed E-state index contributed by atoms with van der Waals surface area (Å²) >= 11 is 0. The maximum Gasteiger partial charge on any atom is 0.328 e. The quantitative estimate of drug-likeness (QED) is 0.0220. The van der Waals surface area contributed by atoms with E-state index in [1.165, 1.54) is 0 Å². The minimum absolute atomic E-state index is 0.432. The van der Waals surface area contributed by atoms with Gasteiger partial charge in [-0.3, -0.25) is 19.2 Å². The summed E-state index contributed by atoms with van der Waals surface area (Å²) < 4.78 is 0. The van der Waals surface area contributed by atoms with Gasteiger partial charge in [-0.15, -0.1) is 0 Å². The van der Waals surface area contributed by atoms with Crippen LogP contribution in [0, 0.1) is 0 Å². The second-order valence-corrected chi connectivity index (χ2v) is 21.4. The van der Waals surface area contributed by atoms with E-state index >= 15 is 0 Å². The summed E-state index contributed by atoms with van der Waals surface area (Å²) in [5, 5.41) is 48.5. The van der Waals surface area contributed by atoms with Crippen LogP contribution in [-0.4, -0.2) is 67.9 Å². The number of hydrogen-bond donors (Lipinski definition) is 8. The number of aliphatic carboxylic acids is 4. The second kappa shape index (κ2) is 29.9. The highest BCUT2D eigenvalue weighted by atomic mass is 16.4. The smallest absolute Gasteiger partial charge is 0.328 e. The van der Waals surface area contributed by atoms with E-state index in [0.29, 0.717) is 45.0 Å². The van der Waals surface area contributed by atoms with Crippen molar-refractivity contribution in [3.8, 4) is 55.6 Å². The Balaban J connectivity index is 1.09. The van der Waals surface area contributed by atoms with Crippen LogP contribution in [0.15, 0.2) is 291 Å². The zero-order valence-corrected chi connectivity index (χ0v) is 49.9. The third-order valence-electron chi connectivity index (χ3n) is 15.2. The van der Waals surface area contributed by atoms with Crippen LogP contribution in [0.1, 0.15) is 45.2 Å². The first kappa shape index (κ1) is 63.9. The number of anilines is 4. The van der Waals surface area contributed by atoms with E-state index in [2.05, 4.69) is 21.3 Å². The molecule has 10 aromatic carbocycles. The molecular formula is C78H58N4O12. The van der Waals surface area contributed by atoms with E-state index in [1.807, 2.05) is 218 Å². The Hall–Kier alpha value is -13.1. The number of rotatable bonds is 23. The molecular weight excluding hydrogens is 1180 g/mol. The lowest BCUT2D eigenvalue weighted by Crippen LogP contribution is -2.12. The van der Waals surface area contributed by atoms with Crippen LogP contribution in [0.2, 0.25) is 0 Å². The van der Waals surface area contributed by atoms with Crippen LogP contribution >= 0.6 is 0 Å². The van der Waals surface area contributed by atoms with Gasteiger partial charge in [0.2, 0.25) is 23.6 Å². The van der Waals surface area contributed by atoms with Crippen molar-refractivity contribution in [1.82, 2.24) is 0 Å². The molecule has 462 valence electrons. The van der Waals surface area contributed by atoms with Crippen LogP contribution in [-0.2, 0) is 38.4 Å². The molecule has 0 aromatic heterocycles. The number of benzene rings is 10. The maximum atomic E-state index is 13.1. The minimum Gasteiger partial charge on any atom is -0.478 e. The SMILES string of the molecule is O=C(O)/C=C/C(=O)Nc1ccc(C(c2ccc(-c3ccc(C(c4ccc(NC(=O)/C=C/C(=O)O)c(-c5ccccc5)c4)c4ccc(NC(=O)/C=C/C(=O)O)c(-c5ccccc5)c4)cc3)cc2)c2ccc(NC(=O)/C=C/C(=O)O)c(-c3ccccc3)c2)cc1-c1ccccc1. The lowest BCUT2D eigenvalue weighted by molar-refractivity contribution is -0.132. The molecule has 0 bridgehead atoms. The Morgan fingerprint density at radius 1 is 0.234 bits per heavy atom. The number of carbonyl (C=O) groups is 8. The van der Waals surface area contributed by atoms with Crippen LogP contribution in [0.4, 0.5) is 22.7 Å². The number of amides is 4. The average molecular weight is 1240 g/mol. The maximum absolute atomic E-state index is 13.1. The Kier molecular flexibility index (Phi) is 20.4. The van der Waals surface area contributed by atoms with Gasteiger partial charge in [0.15, 0.2) is 0 Å². The van der Waals surface area contributed by atoms with Crippen molar-refractivity contribution >= 4 is 70.3 Å². The Bertz CT molecular complexity index is 4080. The first-order chi connectivity index (χ1) is 45.5. The molecule has 0 spiro atoms. The summed E-state index contributed by atoms with van der Waals surface area (Å²) in [7, 11) is 0. The molecule has 4 amide bonds. The van der Waals surface area contributed by atoms with E-state index in [1.54, 1.807) is 24.3 Å². The van der Waals surface area contributed by atoms with Gasteiger partial charge < -0.3 is 41.7 Å². The Morgan fingerprint density at radius 3 is 0.638 bits per heavy atom. The molecule has 0 atom stereocenters. The third-order valence-corrected chi connectivity index (χ3v) is 15.2. The van der Waals surface area contributed by atoms with Crippen molar-refractivity contribution < 1.29 is 58.8 Å². The summed E-state index contributed by atoms with van der Waals surface area (Å²) in [5.41, 5.74) is 14.1. The van der Waals surface area contributed by atoms with Crippen molar-refractivity contribution in [2.24, 2.45) is 0 Å². The molecule has 0 aliphatic heterocycles. The number of hydrogen-bond acceptors (Lipinski definition) is 8. The van der Waals surface area contributed by atoms with E-state index in [-0.39, 0.29) is 0 Å². The normalized spacial score (nSPS) is 11.3. The molecule has 0 aliphatic rings. The molecule has 8 N–H and O–H groups in total. The first-order valence-corrected chi connectivity index (χ1v) is 29.4. The van der Waals surface area contributed by atoms with Crippen molar-refractivity contribution in [2.45, 2.75) is 11.8 Å². The highest BCUT2D eigenvalue weighted by Gasteiger charge is 2.25. The van der Waals surface area contributed by atoms with E-state index in [0.717, 1.165) is 115 Å². The van der Waals surface area contributed by atoms with Crippen LogP contribution in [0.3, 0.4) is 0 Å². The fourth-order valence-corrected chi connectivity index (χ4v) is 11.0. The fraction of sp³-hybridized carbons (Fsp3) is 0.0256. The molecule has 0 unspecified atom stereocenters. The van der Waals surface area contributed by atoms with Gasteiger partial charge in [-0.2, -0.15) is 0 Å². The van der Waals surface area contributed by atoms with Gasteiger partial charge in [0.25, 0.3) is 0 Å². The zero-order chi connectivity index (χ0) is 66.1. The van der Waals surface area contributed by atoms with Crippen molar-refractivity contribution in [1.29, 1.82) is 0 Å². The molecule has 0 fully saturated rings. The molecule has 0 heterocycles. The highest BCUT2D eigenvalue weighted by molar-refractivity contribution is 6.07. The molecule has 10 rings (SSSR count). The number of carbonyl (C=O) groups excluding carboxylic acids is 4. The standard InChI is InChI=1S/C78H58N4O12/c83-69(37-41-73(87)88)79-65-33-29-57(45-61(65)51-13-5-1-6-14-51)77(58-30-34-66(80-70(84)38-42-74(89)90)62(46-58)52-15-7-2-8-16-52)55-25-21-49(22-26-55)50-23-27-56(28-24-50)78(59-31-35-67(81-71(85)39-43-75(91)92)63(47-59)53-17-9-3-10-18-53)60-32-36-68(82-72(86)40-44-76(93)94)64(48-60)54-19-11-4-12-20-54/h1-48,77-78H,(H,79,83)(H,80,84)(H,81,85)(H,82,86)(H,87,88)(H,89,90)(H,91,92)(H,93,94)/b41-37+,42-38+,43-39+,44-40+. The predicted molar refractivity (Wildman–Crippen MR) is 363 cm³/mol. The average Bonchev–Trinajstić information content (AvgIpc) is 0.792. The van der Waals surface area contributed by atoms with E-state index < -0.39 is 59.3 Å². The van der Waals surface area contributed by atoms with Gasteiger partial charge in [0, 0.05) is 105 Å². The van der Waals surface area contributed by atoms with E-state index in [4.69, 9.17) is 0 Å². The fourth-order valence-electron chi connectivity index (χ4n) is 11.0. The summed E-state index contributed by atoms with van der Waals surface area (Å²) in [6, 6.07) is 76.5. The topological polar surface area (TPSA) is 266 Å². The van der Waals surface area contributed by atoms with Gasteiger partial charge in [-0.1, -0.05) is 194 Å². The summed E-state index contributed by atoms with van der Waals surface area (Å²) in [6.07, 6.45) is 6.83. The number of carboxylic acid groups (broad SMARTS) is 4. The summed E-state index contributed by atoms with van der Waals surface area (Å²) in [5.74, 6) is -8.67. The van der Waals surface area contributed by atoms with Gasteiger partial charge in [0.1, 0.15) is 0 Å². The summed E-state index contributed by atoms with van der Waals surface area (Å²) in [6.45, 7) is 0. The molecule has 16 heteroatoms. The lowest BCUT2D eigenvalue weighted by atomic mass is 9.81. The van der Waals surface area contributed by atoms with Crippen LogP contribution in [0.25, 0.3) is 55.6 Å². The van der Waals surface area contributed by atoms with Crippen LogP contribution < -0.4 is 21.3 Å². The molecule has 16 nitrogen and oxygen atoms in total. The van der Waals surface area contributed by atoms with Gasteiger partial charge in [-0.05, 0) is 115 Å². The van der Waals surface area contributed by atoms with Crippen molar-refractivity contribution in [3.63, 3.8) is 0 Å². The Labute approximate surface area is 539 Å². The molecule has 94 heavy (non-hydrogen) atoms. The first-order valence-electron chi connectivity index (χ1n) is 29.4. The molecule has 0 saturated heterocycles. The summed E-state index contributed by atoms with van der Waals surface area (Å²) in [4.78, 5) is 98.0.